The summed E-state index contributed by atoms with van der Waals surface area (Å²) in [6, 6.07) is 5.09. The molecule has 11 nitrogen and oxygen atoms in total. The normalized spacial score (nSPS) is 10.4. The molecule has 3 rings (SSSR count). The zero-order chi connectivity index (χ0) is 27.1. The van der Waals surface area contributed by atoms with Gasteiger partial charge in [0.15, 0.2) is 0 Å². The van der Waals surface area contributed by atoms with E-state index in [2.05, 4.69) is 37.1 Å². The van der Waals surface area contributed by atoms with Crippen LogP contribution in [0.1, 0.15) is 10.4 Å². The van der Waals surface area contributed by atoms with Crippen LogP contribution in [-0.2, 0) is 4.79 Å². The largest absolute Gasteiger partial charge is 0.494 e. The summed E-state index contributed by atoms with van der Waals surface area (Å²) in [7, 11) is 7.45. The molecule has 2 heterocycles. The number of aromatic nitrogens is 3. The Hall–Kier alpha value is -3.93. The van der Waals surface area contributed by atoms with Gasteiger partial charge in [0, 0.05) is 44.2 Å². The van der Waals surface area contributed by atoms with E-state index in [1.165, 1.54) is 24.7 Å². The molecule has 0 fully saturated rings. The van der Waals surface area contributed by atoms with Crippen LogP contribution < -0.4 is 26.0 Å². The van der Waals surface area contributed by atoms with Crippen LogP contribution in [0.4, 0.5) is 23.0 Å². The second-order valence-corrected chi connectivity index (χ2v) is 8.74. The fourth-order valence-corrected chi connectivity index (χ4v) is 3.56. The minimum absolute atomic E-state index is 0. The number of halogens is 2. The third-order valence-corrected chi connectivity index (χ3v) is 5.62. The molecule has 1 aromatic carbocycles. The summed E-state index contributed by atoms with van der Waals surface area (Å²) in [6.45, 7) is 5.06. The van der Waals surface area contributed by atoms with Crippen LogP contribution in [0, 0.1) is 0 Å². The number of methoxy groups -OCH3 is 1. The summed E-state index contributed by atoms with van der Waals surface area (Å²) < 4.78 is 5.63. The lowest BCUT2D eigenvalue weighted by Crippen LogP contribution is -2.29. The average molecular weight is 561 g/mol. The molecule has 0 radical (unpaired) electrons. The van der Waals surface area contributed by atoms with E-state index < -0.39 is 5.91 Å². The molecule has 4 N–H and O–H groups in total. The molecule has 0 unspecified atom stereocenters. The van der Waals surface area contributed by atoms with Crippen LogP contribution in [0.2, 0.25) is 5.02 Å². The smallest absolute Gasteiger partial charge is 0.250 e. The number of primary amides is 1. The zero-order valence-corrected chi connectivity index (χ0v) is 23.1. The molecule has 0 aliphatic carbocycles. The van der Waals surface area contributed by atoms with Crippen LogP contribution in [0.25, 0.3) is 11.3 Å². The third-order valence-electron chi connectivity index (χ3n) is 5.34. The molecule has 0 spiro atoms. The Morgan fingerprint density at radius 3 is 2.50 bits per heavy atom. The highest BCUT2D eigenvalue weighted by molar-refractivity contribution is 6.33. The molecule has 0 atom stereocenters. The van der Waals surface area contributed by atoms with Crippen molar-refractivity contribution in [2.45, 2.75) is 0 Å². The monoisotopic (exact) mass is 560 g/mol. The maximum atomic E-state index is 12.2. The maximum absolute atomic E-state index is 12.2. The average Bonchev–Trinajstić information content (AvgIpc) is 2.88. The van der Waals surface area contributed by atoms with Crippen LogP contribution in [0.3, 0.4) is 0 Å². The van der Waals surface area contributed by atoms with Crippen molar-refractivity contribution in [2.75, 3.05) is 56.9 Å². The second-order valence-electron chi connectivity index (χ2n) is 8.33. The molecule has 3 aromatic rings. The van der Waals surface area contributed by atoms with Gasteiger partial charge in [0.2, 0.25) is 17.8 Å². The lowest BCUT2D eigenvalue weighted by Gasteiger charge is -2.26. The van der Waals surface area contributed by atoms with Crippen molar-refractivity contribution in [2.24, 2.45) is 5.73 Å². The first-order valence-corrected chi connectivity index (χ1v) is 11.6. The highest BCUT2D eigenvalue weighted by Crippen LogP contribution is 2.38. The van der Waals surface area contributed by atoms with Gasteiger partial charge in [-0.2, -0.15) is 0 Å². The Morgan fingerprint density at radius 2 is 1.87 bits per heavy atom. The molecule has 2 amide bonds. The molecule has 38 heavy (non-hydrogen) atoms. The Balaban J connectivity index is 0.00000507. The quantitative estimate of drug-likeness (QED) is 0.300. The molecule has 13 heteroatoms. The number of pyridine rings is 1. The third kappa shape index (κ3) is 7.54. The van der Waals surface area contributed by atoms with E-state index in [4.69, 9.17) is 22.1 Å². The van der Waals surface area contributed by atoms with Crippen molar-refractivity contribution >= 4 is 58.8 Å². The summed E-state index contributed by atoms with van der Waals surface area (Å²) in [5, 5.41) is 6.23. The van der Waals surface area contributed by atoms with Gasteiger partial charge >= 0.3 is 0 Å². The van der Waals surface area contributed by atoms with Crippen molar-refractivity contribution in [3.05, 3.63) is 60.0 Å². The lowest BCUT2D eigenvalue weighted by atomic mass is 10.1. The standard InChI is InChI=1S/C25H29ClN8O3.ClH/c1-6-22(35)30-18-10-19(21(37-5)11-20(18)34(4)8-7-33(2)3)31-25-29-14-17(26)23(32-25)15-9-16(24(27)36)13-28-12-15;/h6,9-14H,1,7-8H2,2-5H3,(H2,27,36)(H,30,35)(H,29,31,32);1H. The van der Waals surface area contributed by atoms with Gasteiger partial charge in [0.25, 0.3) is 0 Å². The van der Waals surface area contributed by atoms with Gasteiger partial charge in [0.05, 0.1) is 46.6 Å². The predicted octanol–water partition coefficient (Wildman–Crippen LogP) is 3.59. The van der Waals surface area contributed by atoms with E-state index in [0.717, 1.165) is 12.2 Å². The summed E-state index contributed by atoms with van der Waals surface area (Å²) in [4.78, 5) is 40.6. The number of nitrogens with zero attached hydrogens (tertiary/aromatic N) is 5. The van der Waals surface area contributed by atoms with E-state index >= 15 is 0 Å². The number of carbonyl (C=O) groups is 2. The molecular formula is C25H30Cl2N8O3. The molecule has 0 bridgehead atoms. The topological polar surface area (TPSA) is 139 Å². The van der Waals surface area contributed by atoms with Crippen LogP contribution >= 0.6 is 24.0 Å². The summed E-state index contributed by atoms with van der Waals surface area (Å²) >= 11 is 6.34. The van der Waals surface area contributed by atoms with E-state index in [1.54, 1.807) is 19.2 Å². The van der Waals surface area contributed by atoms with E-state index in [9.17, 15) is 9.59 Å². The maximum Gasteiger partial charge on any atom is 0.250 e. The summed E-state index contributed by atoms with van der Waals surface area (Å²) in [6.07, 6.45) is 5.51. The first kappa shape index (κ1) is 30.3. The molecule has 202 valence electrons. The zero-order valence-electron chi connectivity index (χ0n) is 21.5. The number of carbonyl (C=O) groups excluding carboxylic acids is 2. The number of benzene rings is 1. The highest BCUT2D eigenvalue weighted by Gasteiger charge is 2.17. The van der Waals surface area contributed by atoms with Gasteiger partial charge in [-0.1, -0.05) is 18.2 Å². The number of rotatable bonds is 11. The van der Waals surface area contributed by atoms with Gasteiger partial charge in [-0.15, -0.1) is 12.4 Å². The minimum Gasteiger partial charge on any atom is -0.494 e. The summed E-state index contributed by atoms with van der Waals surface area (Å²) in [5.74, 6) is -0.268. The number of nitrogens with one attached hydrogen (secondary N) is 2. The second kappa shape index (κ2) is 13.6. The van der Waals surface area contributed by atoms with Crippen molar-refractivity contribution in [3.63, 3.8) is 0 Å². The fraction of sp³-hybridized carbons (Fsp3) is 0.240. The Morgan fingerprint density at radius 1 is 1.13 bits per heavy atom. The molecule has 0 aliphatic heterocycles. The van der Waals surface area contributed by atoms with Gasteiger partial charge in [0.1, 0.15) is 5.75 Å². The Kier molecular flexibility index (Phi) is 10.8. The first-order valence-electron chi connectivity index (χ1n) is 11.2. The number of hydrogen-bond donors (Lipinski definition) is 3. The molecule has 0 saturated heterocycles. The van der Waals surface area contributed by atoms with Gasteiger partial charge < -0.3 is 30.9 Å². The van der Waals surface area contributed by atoms with E-state index in [-0.39, 0.29) is 34.8 Å². The lowest BCUT2D eigenvalue weighted by molar-refractivity contribution is -0.111. The number of ether oxygens (including phenoxy) is 1. The van der Waals surface area contributed by atoms with Crippen LogP contribution in [0.15, 0.2) is 49.4 Å². The predicted molar refractivity (Wildman–Crippen MR) is 153 cm³/mol. The first-order chi connectivity index (χ1) is 17.6. The van der Waals surface area contributed by atoms with Gasteiger partial charge in [-0.05, 0) is 32.3 Å². The van der Waals surface area contributed by atoms with Crippen molar-refractivity contribution < 1.29 is 14.3 Å². The number of likely N-dealkylation sites (N-methyl/N-ethyl adjacent to an activating group) is 2. The number of amides is 2. The Labute approximate surface area is 232 Å². The van der Waals surface area contributed by atoms with Crippen LogP contribution in [-0.4, -0.2) is 73.0 Å². The van der Waals surface area contributed by atoms with Crippen molar-refractivity contribution in [1.82, 2.24) is 19.9 Å². The van der Waals surface area contributed by atoms with Gasteiger partial charge in [-0.3, -0.25) is 14.6 Å². The molecule has 0 aliphatic rings. The molecule has 2 aromatic heterocycles. The SMILES string of the molecule is C=CC(=O)Nc1cc(Nc2ncc(Cl)c(-c3cncc(C(N)=O)c3)n2)c(OC)cc1N(C)CCN(C)C.Cl. The number of anilines is 4. The van der Waals surface area contributed by atoms with Gasteiger partial charge in [-0.25, -0.2) is 9.97 Å². The van der Waals surface area contributed by atoms with E-state index in [0.29, 0.717) is 34.9 Å². The summed E-state index contributed by atoms with van der Waals surface area (Å²) in [5.41, 5.74) is 8.25. The van der Waals surface area contributed by atoms with Crippen molar-refractivity contribution in [1.29, 1.82) is 0 Å². The Bertz CT molecular complexity index is 1320. The minimum atomic E-state index is -0.618. The van der Waals surface area contributed by atoms with E-state index in [1.807, 2.05) is 32.1 Å². The molecular weight excluding hydrogens is 531 g/mol. The highest BCUT2D eigenvalue weighted by atomic mass is 35.5. The fourth-order valence-electron chi connectivity index (χ4n) is 3.36. The number of nitrogens with two attached hydrogens (primary N) is 1. The number of hydrogen-bond acceptors (Lipinski definition) is 9. The van der Waals surface area contributed by atoms with Crippen molar-refractivity contribution in [3.8, 4) is 17.0 Å². The molecule has 0 saturated carbocycles. The van der Waals surface area contributed by atoms with Crippen LogP contribution in [0.5, 0.6) is 5.75 Å².